The van der Waals surface area contributed by atoms with E-state index in [9.17, 15) is 13.2 Å². The van der Waals surface area contributed by atoms with Gasteiger partial charge in [-0.3, -0.25) is 4.68 Å². The minimum absolute atomic E-state index is 0.166. The molecule has 0 amide bonds. The number of hydrogen-bond acceptors (Lipinski definition) is 4. The lowest BCUT2D eigenvalue weighted by molar-refractivity contribution is -0.141. The van der Waals surface area contributed by atoms with Crippen LogP contribution < -0.4 is 11.1 Å². The summed E-state index contributed by atoms with van der Waals surface area (Å²) >= 11 is 0. The number of anilines is 2. The molecule has 0 bridgehead atoms. The molecule has 2 aromatic heterocycles. The number of rotatable bonds is 3. The lowest BCUT2D eigenvalue weighted by Gasteiger charge is -2.12. The van der Waals surface area contributed by atoms with Crippen molar-refractivity contribution in [1.82, 2.24) is 14.8 Å². The van der Waals surface area contributed by atoms with Gasteiger partial charge >= 0.3 is 6.18 Å². The van der Waals surface area contributed by atoms with E-state index < -0.39 is 11.9 Å². The van der Waals surface area contributed by atoms with Gasteiger partial charge in [0, 0.05) is 25.4 Å². The van der Waals surface area contributed by atoms with Crippen molar-refractivity contribution in [2.75, 3.05) is 11.1 Å². The molecule has 2 aromatic rings. The molecule has 0 aliphatic heterocycles. The van der Waals surface area contributed by atoms with Gasteiger partial charge in [-0.2, -0.15) is 18.3 Å². The van der Waals surface area contributed by atoms with Crippen molar-refractivity contribution in [3.05, 3.63) is 35.4 Å². The maximum atomic E-state index is 12.6. The first-order valence-corrected chi connectivity index (χ1v) is 5.83. The van der Waals surface area contributed by atoms with Crippen LogP contribution in [0, 0.1) is 6.92 Å². The Labute approximate surface area is 113 Å². The zero-order chi connectivity index (χ0) is 14.9. The van der Waals surface area contributed by atoms with Crippen molar-refractivity contribution in [2.24, 2.45) is 7.05 Å². The molecule has 0 fully saturated rings. The van der Waals surface area contributed by atoms with E-state index in [2.05, 4.69) is 15.4 Å². The van der Waals surface area contributed by atoms with Gasteiger partial charge in [-0.05, 0) is 13.0 Å². The first kappa shape index (κ1) is 14.2. The Morgan fingerprint density at radius 2 is 2.10 bits per heavy atom. The van der Waals surface area contributed by atoms with Crippen LogP contribution in [-0.2, 0) is 19.8 Å². The van der Waals surface area contributed by atoms with E-state index in [0.717, 1.165) is 23.5 Å². The van der Waals surface area contributed by atoms with Crippen LogP contribution in [0.4, 0.5) is 24.5 Å². The highest BCUT2D eigenvalue weighted by molar-refractivity contribution is 5.65. The van der Waals surface area contributed by atoms with E-state index in [4.69, 9.17) is 5.73 Å². The number of hydrogen-bond donors (Lipinski definition) is 2. The molecule has 108 valence electrons. The summed E-state index contributed by atoms with van der Waals surface area (Å²) in [5, 5.41) is 7.03. The van der Waals surface area contributed by atoms with Gasteiger partial charge in [0.25, 0.3) is 0 Å². The Morgan fingerprint density at radius 1 is 1.40 bits per heavy atom. The van der Waals surface area contributed by atoms with Gasteiger partial charge in [0.15, 0.2) is 0 Å². The first-order chi connectivity index (χ1) is 9.27. The molecule has 0 atom stereocenters. The fourth-order valence-corrected chi connectivity index (χ4v) is 1.79. The summed E-state index contributed by atoms with van der Waals surface area (Å²) in [6.07, 6.45) is -1.69. The average molecular weight is 285 g/mol. The van der Waals surface area contributed by atoms with Gasteiger partial charge in [0.05, 0.1) is 23.3 Å². The van der Waals surface area contributed by atoms with Crippen molar-refractivity contribution < 1.29 is 13.2 Å². The Bertz CT molecular complexity index is 618. The van der Waals surface area contributed by atoms with Crippen molar-refractivity contribution in [2.45, 2.75) is 19.6 Å². The molecule has 20 heavy (non-hydrogen) atoms. The monoisotopic (exact) mass is 285 g/mol. The summed E-state index contributed by atoms with van der Waals surface area (Å²) < 4.78 is 39.4. The Kier molecular flexibility index (Phi) is 3.56. The smallest absolute Gasteiger partial charge is 0.396 e. The first-order valence-electron chi connectivity index (χ1n) is 5.83. The highest BCUT2D eigenvalue weighted by Gasteiger charge is 2.32. The molecule has 0 radical (unpaired) electrons. The second-order valence-electron chi connectivity index (χ2n) is 4.42. The summed E-state index contributed by atoms with van der Waals surface area (Å²) in [7, 11) is 1.78. The number of nitrogens with one attached hydrogen (secondary N) is 1. The second-order valence-corrected chi connectivity index (χ2v) is 4.42. The molecule has 0 spiro atoms. The zero-order valence-corrected chi connectivity index (χ0v) is 11.0. The highest BCUT2D eigenvalue weighted by atomic mass is 19.4. The third-order valence-electron chi connectivity index (χ3n) is 2.81. The Balaban J connectivity index is 2.19. The number of pyridine rings is 1. The molecule has 5 nitrogen and oxygen atoms in total. The van der Waals surface area contributed by atoms with E-state index >= 15 is 0 Å². The fraction of sp³-hybridized carbons (Fsp3) is 0.333. The number of aryl methyl sites for hydroxylation is 2. The van der Waals surface area contributed by atoms with Crippen molar-refractivity contribution in [3.8, 4) is 0 Å². The van der Waals surface area contributed by atoms with E-state index in [0.29, 0.717) is 6.54 Å². The summed E-state index contributed by atoms with van der Waals surface area (Å²) in [4.78, 5) is 3.28. The highest BCUT2D eigenvalue weighted by Crippen LogP contribution is 2.31. The van der Waals surface area contributed by atoms with Crippen LogP contribution in [0.2, 0.25) is 0 Å². The quantitative estimate of drug-likeness (QED) is 0.908. The summed E-state index contributed by atoms with van der Waals surface area (Å²) in [6, 6.07) is 0.904. The lowest BCUT2D eigenvalue weighted by atomic mass is 10.2. The van der Waals surface area contributed by atoms with Crippen LogP contribution in [0.5, 0.6) is 0 Å². The molecule has 0 saturated carbocycles. The molecule has 3 N–H and O–H groups in total. The second kappa shape index (κ2) is 5.03. The predicted molar refractivity (Wildman–Crippen MR) is 68.9 cm³/mol. The molecule has 2 heterocycles. The van der Waals surface area contributed by atoms with Gasteiger partial charge in [-0.1, -0.05) is 0 Å². The van der Waals surface area contributed by atoms with E-state index in [-0.39, 0.29) is 11.4 Å². The van der Waals surface area contributed by atoms with Gasteiger partial charge in [0.2, 0.25) is 0 Å². The largest absolute Gasteiger partial charge is 0.433 e. The minimum atomic E-state index is -4.49. The lowest BCUT2D eigenvalue weighted by Crippen LogP contribution is -2.11. The minimum Gasteiger partial charge on any atom is -0.396 e. The van der Waals surface area contributed by atoms with Crippen LogP contribution in [-0.4, -0.2) is 14.8 Å². The van der Waals surface area contributed by atoms with Crippen LogP contribution in [0.15, 0.2) is 18.5 Å². The van der Waals surface area contributed by atoms with E-state index in [1.54, 1.807) is 17.9 Å². The molecule has 2 rings (SSSR count). The number of alkyl halides is 3. The van der Waals surface area contributed by atoms with Crippen molar-refractivity contribution >= 4 is 11.4 Å². The van der Waals surface area contributed by atoms with Crippen LogP contribution in [0.3, 0.4) is 0 Å². The van der Waals surface area contributed by atoms with Gasteiger partial charge in [0.1, 0.15) is 5.69 Å². The summed E-state index contributed by atoms with van der Waals surface area (Å²) in [6.45, 7) is 2.17. The number of halogens is 3. The van der Waals surface area contributed by atoms with Gasteiger partial charge in [-0.25, -0.2) is 4.98 Å². The van der Waals surface area contributed by atoms with Crippen molar-refractivity contribution in [1.29, 1.82) is 0 Å². The van der Waals surface area contributed by atoms with Crippen molar-refractivity contribution in [3.63, 3.8) is 0 Å². The topological polar surface area (TPSA) is 68.8 Å². The van der Waals surface area contributed by atoms with Gasteiger partial charge < -0.3 is 11.1 Å². The standard InChI is InChI=1S/C12H14F3N5/c1-7-8(6-20(2)19-7)4-17-10-3-11(12(13,14)15)18-5-9(10)16/h3,5-6H,4,16H2,1-2H3,(H,17,18). The average Bonchev–Trinajstić information content (AvgIpc) is 2.65. The van der Waals surface area contributed by atoms with E-state index in [1.807, 2.05) is 6.92 Å². The SMILES string of the molecule is Cc1nn(C)cc1CNc1cc(C(F)(F)F)ncc1N. The van der Waals surface area contributed by atoms with Crippen LogP contribution >= 0.6 is 0 Å². The maximum absolute atomic E-state index is 12.6. The number of nitrogens with two attached hydrogens (primary N) is 1. The third kappa shape index (κ3) is 3.01. The number of nitrogens with zero attached hydrogens (tertiary/aromatic N) is 3. The Hall–Kier alpha value is -2.25. The maximum Gasteiger partial charge on any atom is 0.433 e. The molecule has 0 aromatic carbocycles. The third-order valence-corrected chi connectivity index (χ3v) is 2.81. The number of aromatic nitrogens is 3. The molecule has 0 unspecified atom stereocenters. The summed E-state index contributed by atoms with van der Waals surface area (Å²) in [5.74, 6) is 0. The van der Waals surface area contributed by atoms with Gasteiger partial charge in [-0.15, -0.1) is 0 Å². The zero-order valence-electron chi connectivity index (χ0n) is 11.0. The molecule has 8 heteroatoms. The normalized spacial score (nSPS) is 11.7. The van der Waals surface area contributed by atoms with E-state index in [1.165, 1.54) is 0 Å². The molecular formula is C12H14F3N5. The molecule has 0 aliphatic rings. The predicted octanol–water partition coefficient (Wildman–Crippen LogP) is 2.34. The van der Waals surface area contributed by atoms with Crippen LogP contribution in [0.25, 0.3) is 0 Å². The Morgan fingerprint density at radius 3 is 2.65 bits per heavy atom. The van der Waals surface area contributed by atoms with Crippen LogP contribution in [0.1, 0.15) is 17.0 Å². The summed E-state index contributed by atoms with van der Waals surface area (Å²) in [5.41, 5.74) is 6.72. The molecule has 0 saturated heterocycles. The molecule has 0 aliphatic carbocycles. The fourth-order valence-electron chi connectivity index (χ4n) is 1.79. The molecular weight excluding hydrogens is 271 g/mol. The number of nitrogen functional groups attached to an aromatic ring is 1.